The number of nitrogens with one attached hydrogen (secondary N) is 1. The number of aromatic amines is 1. The standard InChI is InChI=1S/C16H18N2O4/c1-10-8-17-15(19)13-5-4-11(7-14(10)13)22-12-3-2-6-18(9-12)16(20)21/h4-5,7-8,12H,2-3,6,9H2,1H3,(H,17,19)(H,20,21). The van der Waals surface area contributed by atoms with Crippen LogP contribution < -0.4 is 10.3 Å². The molecule has 1 amide bonds. The Balaban J connectivity index is 1.84. The van der Waals surface area contributed by atoms with Crippen molar-refractivity contribution in [1.82, 2.24) is 9.88 Å². The van der Waals surface area contributed by atoms with Gasteiger partial charge in [-0.2, -0.15) is 0 Å². The van der Waals surface area contributed by atoms with Crippen molar-refractivity contribution in [3.8, 4) is 5.75 Å². The van der Waals surface area contributed by atoms with Crippen molar-refractivity contribution >= 4 is 16.9 Å². The van der Waals surface area contributed by atoms with Gasteiger partial charge < -0.3 is 19.7 Å². The zero-order valence-corrected chi connectivity index (χ0v) is 12.3. The van der Waals surface area contributed by atoms with Gasteiger partial charge in [-0.1, -0.05) is 0 Å². The van der Waals surface area contributed by atoms with Gasteiger partial charge in [0.05, 0.1) is 6.54 Å². The van der Waals surface area contributed by atoms with E-state index in [0.29, 0.717) is 24.2 Å². The second kappa shape index (κ2) is 5.71. The number of hydrogen-bond acceptors (Lipinski definition) is 3. The van der Waals surface area contributed by atoms with Crippen molar-refractivity contribution in [3.05, 3.63) is 40.3 Å². The predicted molar refractivity (Wildman–Crippen MR) is 82.6 cm³/mol. The monoisotopic (exact) mass is 302 g/mol. The van der Waals surface area contributed by atoms with Crippen LogP contribution in [0.5, 0.6) is 5.75 Å². The smallest absolute Gasteiger partial charge is 0.407 e. The van der Waals surface area contributed by atoms with Crippen LogP contribution in [-0.2, 0) is 0 Å². The lowest BCUT2D eigenvalue weighted by Gasteiger charge is -2.31. The van der Waals surface area contributed by atoms with Crippen LogP contribution in [0.2, 0.25) is 0 Å². The van der Waals surface area contributed by atoms with E-state index in [0.717, 1.165) is 23.8 Å². The van der Waals surface area contributed by atoms with Crippen molar-refractivity contribution in [3.63, 3.8) is 0 Å². The molecule has 1 unspecified atom stereocenters. The molecule has 0 saturated carbocycles. The molecule has 1 aromatic carbocycles. The molecule has 1 aliphatic rings. The van der Waals surface area contributed by atoms with Gasteiger partial charge in [-0.15, -0.1) is 0 Å². The van der Waals surface area contributed by atoms with Gasteiger partial charge >= 0.3 is 6.09 Å². The average molecular weight is 302 g/mol. The van der Waals surface area contributed by atoms with E-state index in [1.165, 1.54) is 4.90 Å². The maximum atomic E-state index is 11.8. The molecule has 0 radical (unpaired) electrons. The lowest BCUT2D eigenvalue weighted by atomic mass is 10.1. The summed E-state index contributed by atoms with van der Waals surface area (Å²) in [5.41, 5.74) is 0.845. The van der Waals surface area contributed by atoms with Crippen LogP contribution in [0.1, 0.15) is 18.4 Å². The first-order valence-corrected chi connectivity index (χ1v) is 7.31. The topological polar surface area (TPSA) is 82.6 Å². The number of rotatable bonds is 2. The quantitative estimate of drug-likeness (QED) is 0.892. The van der Waals surface area contributed by atoms with Gasteiger partial charge in [0.2, 0.25) is 0 Å². The van der Waals surface area contributed by atoms with E-state index in [1.807, 2.05) is 13.0 Å². The van der Waals surface area contributed by atoms with Gasteiger partial charge in [0.15, 0.2) is 0 Å². The largest absolute Gasteiger partial charge is 0.489 e. The summed E-state index contributed by atoms with van der Waals surface area (Å²) in [6.07, 6.45) is 2.25. The molecule has 1 aromatic heterocycles. The SMILES string of the molecule is Cc1c[nH]c(=O)c2ccc(OC3CCCN(C(=O)O)C3)cc12. The van der Waals surface area contributed by atoms with Crippen molar-refractivity contribution in [1.29, 1.82) is 0 Å². The molecule has 116 valence electrons. The van der Waals surface area contributed by atoms with E-state index in [1.54, 1.807) is 18.3 Å². The summed E-state index contributed by atoms with van der Waals surface area (Å²) in [6, 6.07) is 5.35. The molecule has 2 N–H and O–H groups in total. The number of carboxylic acid groups (broad SMARTS) is 1. The number of hydrogen-bond donors (Lipinski definition) is 2. The summed E-state index contributed by atoms with van der Waals surface area (Å²) in [5, 5.41) is 10.5. The summed E-state index contributed by atoms with van der Waals surface area (Å²) in [6.45, 7) is 2.86. The lowest BCUT2D eigenvalue weighted by Crippen LogP contribution is -2.43. The molecule has 1 fully saturated rings. The van der Waals surface area contributed by atoms with Crippen LogP contribution in [0.15, 0.2) is 29.2 Å². The summed E-state index contributed by atoms with van der Waals surface area (Å²) in [5.74, 6) is 0.665. The summed E-state index contributed by atoms with van der Waals surface area (Å²) >= 11 is 0. The van der Waals surface area contributed by atoms with Crippen LogP contribution in [0.4, 0.5) is 4.79 Å². The third kappa shape index (κ3) is 2.77. The van der Waals surface area contributed by atoms with Crippen LogP contribution in [0, 0.1) is 6.92 Å². The molecule has 1 aliphatic heterocycles. The van der Waals surface area contributed by atoms with E-state index in [-0.39, 0.29) is 11.7 Å². The molecule has 6 nitrogen and oxygen atoms in total. The van der Waals surface area contributed by atoms with Crippen molar-refractivity contribution in [2.45, 2.75) is 25.9 Å². The average Bonchev–Trinajstić information content (AvgIpc) is 2.51. The van der Waals surface area contributed by atoms with Gasteiger partial charge in [-0.05, 0) is 48.9 Å². The molecule has 1 atom stereocenters. The minimum atomic E-state index is -0.908. The maximum Gasteiger partial charge on any atom is 0.407 e. The van der Waals surface area contributed by atoms with Gasteiger partial charge in [0, 0.05) is 18.1 Å². The molecular weight excluding hydrogens is 284 g/mol. The maximum absolute atomic E-state index is 11.8. The van der Waals surface area contributed by atoms with Crippen LogP contribution in [0.3, 0.4) is 0 Å². The first-order valence-electron chi connectivity index (χ1n) is 7.31. The molecule has 0 bridgehead atoms. The second-order valence-electron chi connectivity index (χ2n) is 5.62. The van der Waals surface area contributed by atoms with E-state index in [2.05, 4.69) is 4.98 Å². The fourth-order valence-electron chi connectivity index (χ4n) is 2.85. The Morgan fingerprint density at radius 2 is 2.23 bits per heavy atom. The number of amides is 1. The summed E-state index contributed by atoms with van der Waals surface area (Å²) in [4.78, 5) is 26.9. The zero-order chi connectivity index (χ0) is 15.7. The van der Waals surface area contributed by atoms with Gasteiger partial charge in [0.25, 0.3) is 5.56 Å². The van der Waals surface area contributed by atoms with Gasteiger partial charge in [0.1, 0.15) is 11.9 Å². The normalized spacial score (nSPS) is 18.4. The fourth-order valence-corrected chi connectivity index (χ4v) is 2.85. The predicted octanol–water partition coefficient (Wildman–Crippen LogP) is 2.36. The minimum Gasteiger partial charge on any atom is -0.489 e. The molecule has 2 heterocycles. The highest BCUT2D eigenvalue weighted by Gasteiger charge is 2.24. The number of fused-ring (bicyclic) bond motifs is 1. The molecule has 2 aromatic rings. The van der Waals surface area contributed by atoms with Gasteiger partial charge in [-0.25, -0.2) is 4.79 Å². The Morgan fingerprint density at radius 3 is 3.00 bits per heavy atom. The Bertz CT molecular complexity index is 768. The van der Waals surface area contributed by atoms with Crippen LogP contribution in [-0.4, -0.2) is 40.3 Å². The van der Waals surface area contributed by atoms with E-state index < -0.39 is 6.09 Å². The number of pyridine rings is 1. The number of likely N-dealkylation sites (tertiary alicyclic amines) is 1. The molecule has 0 aliphatic carbocycles. The molecule has 0 spiro atoms. The highest BCUT2D eigenvalue weighted by Crippen LogP contribution is 2.24. The Hall–Kier alpha value is -2.50. The molecule has 1 saturated heterocycles. The van der Waals surface area contributed by atoms with E-state index >= 15 is 0 Å². The third-order valence-corrected chi connectivity index (χ3v) is 4.03. The fraction of sp³-hybridized carbons (Fsp3) is 0.375. The lowest BCUT2D eigenvalue weighted by molar-refractivity contribution is 0.0792. The van der Waals surface area contributed by atoms with E-state index in [4.69, 9.17) is 9.84 Å². The number of carbonyl (C=O) groups is 1. The number of H-pyrrole nitrogens is 1. The number of ether oxygens (including phenoxy) is 1. The highest BCUT2D eigenvalue weighted by molar-refractivity contribution is 5.85. The third-order valence-electron chi connectivity index (χ3n) is 4.03. The summed E-state index contributed by atoms with van der Waals surface area (Å²) in [7, 11) is 0. The Labute approximate surface area is 127 Å². The Kier molecular flexibility index (Phi) is 3.75. The van der Waals surface area contributed by atoms with Crippen LogP contribution in [0.25, 0.3) is 10.8 Å². The van der Waals surface area contributed by atoms with Crippen molar-refractivity contribution < 1.29 is 14.6 Å². The first-order chi connectivity index (χ1) is 10.5. The molecular formula is C16H18N2O4. The van der Waals surface area contributed by atoms with Gasteiger partial charge in [-0.3, -0.25) is 4.79 Å². The summed E-state index contributed by atoms with van der Waals surface area (Å²) < 4.78 is 5.92. The van der Waals surface area contributed by atoms with Crippen molar-refractivity contribution in [2.24, 2.45) is 0 Å². The zero-order valence-electron chi connectivity index (χ0n) is 12.3. The number of nitrogens with zero attached hydrogens (tertiary/aromatic N) is 1. The molecule has 22 heavy (non-hydrogen) atoms. The second-order valence-corrected chi connectivity index (χ2v) is 5.62. The highest BCUT2D eigenvalue weighted by atomic mass is 16.5. The number of benzene rings is 1. The first kappa shape index (κ1) is 14.4. The number of piperidine rings is 1. The van der Waals surface area contributed by atoms with E-state index in [9.17, 15) is 9.59 Å². The van der Waals surface area contributed by atoms with Crippen molar-refractivity contribution in [2.75, 3.05) is 13.1 Å². The number of aryl methyl sites for hydroxylation is 1. The molecule has 6 heteroatoms. The van der Waals surface area contributed by atoms with Crippen LogP contribution >= 0.6 is 0 Å². The minimum absolute atomic E-state index is 0.123. The Morgan fingerprint density at radius 1 is 1.41 bits per heavy atom. The molecule has 3 rings (SSSR count). The number of aromatic nitrogens is 1.